The summed E-state index contributed by atoms with van der Waals surface area (Å²) in [4.78, 5) is 25.8. The van der Waals surface area contributed by atoms with Gasteiger partial charge in [0, 0.05) is 0 Å². The number of fused-ring (bicyclic) bond motifs is 2. The van der Waals surface area contributed by atoms with Gasteiger partial charge in [0.15, 0.2) is 0 Å². The van der Waals surface area contributed by atoms with E-state index >= 15 is 0 Å². The highest BCUT2D eigenvalue weighted by Crippen LogP contribution is 2.28. The van der Waals surface area contributed by atoms with E-state index < -0.39 is 12.0 Å². The molecular weight excluding hydrogens is 374 g/mol. The highest BCUT2D eigenvalue weighted by molar-refractivity contribution is 6.18. The molecule has 150 valence electrons. The normalized spacial score (nSPS) is 11.9. The Hall–Kier alpha value is -3.66. The number of nitrogens with one attached hydrogen (secondary N) is 1. The predicted molar refractivity (Wildman–Crippen MR) is 119 cm³/mol. The van der Waals surface area contributed by atoms with Crippen molar-refractivity contribution in [2.24, 2.45) is 0 Å². The van der Waals surface area contributed by atoms with Crippen molar-refractivity contribution in [1.82, 2.24) is 5.32 Å². The van der Waals surface area contributed by atoms with E-state index in [2.05, 4.69) is 11.4 Å². The molecule has 0 heterocycles. The van der Waals surface area contributed by atoms with Crippen LogP contribution in [0.15, 0.2) is 84.9 Å². The van der Waals surface area contributed by atoms with E-state index in [1.807, 2.05) is 78.9 Å². The number of ether oxygens (including phenoxy) is 1. The summed E-state index contributed by atoms with van der Waals surface area (Å²) in [5.74, 6) is -0.713. The monoisotopic (exact) mass is 397 g/mol. The number of carbonyl (C=O) groups is 2. The van der Waals surface area contributed by atoms with Crippen LogP contribution in [0.3, 0.4) is 0 Å². The van der Waals surface area contributed by atoms with Crippen LogP contribution >= 0.6 is 0 Å². The van der Waals surface area contributed by atoms with Crippen LogP contribution in [0.5, 0.6) is 0 Å². The standard InChI is InChI=1S/C26H23NO3/c1-30-26(29)23(16-15-18-9-3-2-4-10-18)27-25(28)24-21-13-7-5-11-19(21)17-20-12-6-8-14-22(20)24/h2-14,17,23H,15-16H2,1H3,(H,27,28)/t23-/m1/s1. The Labute approximate surface area is 175 Å². The summed E-state index contributed by atoms with van der Waals surface area (Å²) in [5.41, 5.74) is 1.69. The zero-order valence-electron chi connectivity index (χ0n) is 16.8. The molecule has 0 saturated heterocycles. The summed E-state index contributed by atoms with van der Waals surface area (Å²) in [6, 6.07) is 26.9. The predicted octanol–water partition coefficient (Wildman–Crippen LogP) is 4.90. The van der Waals surface area contributed by atoms with E-state index in [1.165, 1.54) is 7.11 Å². The van der Waals surface area contributed by atoms with Crippen molar-refractivity contribution in [2.45, 2.75) is 18.9 Å². The molecule has 0 bridgehead atoms. The topological polar surface area (TPSA) is 55.4 Å². The third kappa shape index (κ3) is 4.03. The number of hydrogen-bond acceptors (Lipinski definition) is 3. The van der Waals surface area contributed by atoms with Crippen molar-refractivity contribution in [2.75, 3.05) is 7.11 Å². The molecule has 0 aliphatic heterocycles. The van der Waals surface area contributed by atoms with Crippen molar-refractivity contribution in [3.63, 3.8) is 0 Å². The Kier molecular flexibility index (Phi) is 5.75. The molecule has 0 aromatic heterocycles. The van der Waals surface area contributed by atoms with E-state index in [0.717, 1.165) is 27.1 Å². The van der Waals surface area contributed by atoms with Gasteiger partial charge in [-0.3, -0.25) is 4.79 Å². The molecule has 0 aliphatic carbocycles. The summed E-state index contributed by atoms with van der Waals surface area (Å²) in [6.45, 7) is 0. The quantitative estimate of drug-likeness (QED) is 0.372. The molecule has 0 spiro atoms. The number of amides is 1. The number of esters is 1. The zero-order valence-corrected chi connectivity index (χ0v) is 16.8. The largest absolute Gasteiger partial charge is 0.467 e. The average molecular weight is 397 g/mol. The molecular formula is C26H23NO3. The molecule has 0 radical (unpaired) electrons. The fourth-order valence-electron chi connectivity index (χ4n) is 3.84. The van der Waals surface area contributed by atoms with Crippen LogP contribution in [0.4, 0.5) is 0 Å². The first-order chi connectivity index (χ1) is 14.7. The number of methoxy groups -OCH3 is 1. The van der Waals surface area contributed by atoms with Crippen LogP contribution in [-0.4, -0.2) is 25.0 Å². The van der Waals surface area contributed by atoms with Gasteiger partial charge >= 0.3 is 5.97 Å². The molecule has 4 aromatic rings. The van der Waals surface area contributed by atoms with Crippen molar-refractivity contribution in [1.29, 1.82) is 0 Å². The Morgan fingerprint density at radius 2 is 1.40 bits per heavy atom. The number of carbonyl (C=O) groups excluding carboxylic acids is 2. The maximum Gasteiger partial charge on any atom is 0.328 e. The second kappa shape index (κ2) is 8.78. The molecule has 1 amide bonds. The SMILES string of the molecule is COC(=O)[C@@H](CCc1ccccc1)NC(=O)c1c2ccccc2cc2ccccc12. The Balaban J connectivity index is 1.68. The Bertz CT molecular complexity index is 1150. The summed E-state index contributed by atoms with van der Waals surface area (Å²) in [5, 5.41) is 6.62. The maximum atomic E-state index is 13.4. The zero-order chi connectivity index (χ0) is 20.9. The van der Waals surface area contributed by atoms with Crippen LogP contribution in [-0.2, 0) is 16.0 Å². The summed E-state index contributed by atoms with van der Waals surface area (Å²) in [6.07, 6.45) is 1.13. The third-order valence-electron chi connectivity index (χ3n) is 5.35. The lowest BCUT2D eigenvalue weighted by atomic mass is 9.96. The smallest absolute Gasteiger partial charge is 0.328 e. The second-order valence-corrected chi connectivity index (χ2v) is 7.27. The molecule has 0 saturated carbocycles. The van der Waals surface area contributed by atoms with Gasteiger partial charge in [0.05, 0.1) is 12.7 Å². The molecule has 0 unspecified atom stereocenters. The van der Waals surface area contributed by atoms with Crippen molar-refractivity contribution >= 4 is 33.4 Å². The van der Waals surface area contributed by atoms with Crippen molar-refractivity contribution in [3.05, 3.63) is 96.1 Å². The van der Waals surface area contributed by atoms with E-state index in [0.29, 0.717) is 18.4 Å². The third-order valence-corrected chi connectivity index (χ3v) is 5.35. The van der Waals surface area contributed by atoms with Crippen LogP contribution < -0.4 is 5.32 Å². The lowest BCUT2D eigenvalue weighted by Crippen LogP contribution is -2.42. The van der Waals surface area contributed by atoms with Gasteiger partial charge in [-0.15, -0.1) is 0 Å². The molecule has 4 aromatic carbocycles. The van der Waals surface area contributed by atoms with Crippen LogP contribution in [0, 0.1) is 0 Å². The molecule has 1 N–H and O–H groups in total. The number of hydrogen-bond donors (Lipinski definition) is 1. The highest BCUT2D eigenvalue weighted by Gasteiger charge is 2.24. The minimum absolute atomic E-state index is 0.272. The Morgan fingerprint density at radius 3 is 2.00 bits per heavy atom. The first kappa shape index (κ1) is 19.6. The van der Waals surface area contributed by atoms with Gasteiger partial charge in [-0.1, -0.05) is 78.9 Å². The average Bonchev–Trinajstić information content (AvgIpc) is 2.80. The minimum atomic E-state index is -0.722. The summed E-state index contributed by atoms with van der Waals surface area (Å²) < 4.78 is 4.96. The molecule has 4 rings (SSSR count). The first-order valence-corrected chi connectivity index (χ1v) is 10.0. The second-order valence-electron chi connectivity index (χ2n) is 7.27. The first-order valence-electron chi connectivity index (χ1n) is 10.0. The van der Waals surface area contributed by atoms with E-state index in [1.54, 1.807) is 0 Å². The number of aryl methyl sites for hydroxylation is 1. The van der Waals surface area contributed by atoms with E-state index in [4.69, 9.17) is 4.74 Å². The van der Waals surface area contributed by atoms with Crippen LogP contribution in [0.1, 0.15) is 22.3 Å². The molecule has 1 atom stereocenters. The van der Waals surface area contributed by atoms with Gasteiger partial charge in [-0.05, 0) is 46.0 Å². The van der Waals surface area contributed by atoms with Gasteiger partial charge in [0.2, 0.25) is 0 Å². The number of rotatable bonds is 6. The summed E-state index contributed by atoms with van der Waals surface area (Å²) in [7, 11) is 1.34. The fraction of sp³-hybridized carbons (Fsp3) is 0.154. The number of benzene rings is 4. The van der Waals surface area contributed by atoms with Gasteiger partial charge in [0.1, 0.15) is 6.04 Å². The highest BCUT2D eigenvalue weighted by atomic mass is 16.5. The lowest BCUT2D eigenvalue weighted by Gasteiger charge is -2.18. The molecule has 30 heavy (non-hydrogen) atoms. The fourth-order valence-corrected chi connectivity index (χ4v) is 3.84. The molecule has 4 nitrogen and oxygen atoms in total. The minimum Gasteiger partial charge on any atom is -0.467 e. The van der Waals surface area contributed by atoms with Crippen LogP contribution in [0.25, 0.3) is 21.5 Å². The van der Waals surface area contributed by atoms with Gasteiger partial charge in [-0.25, -0.2) is 4.79 Å². The summed E-state index contributed by atoms with van der Waals surface area (Å²) >= 11 is 0. The van der Waals surface area contributed by atoms with Crippen molar-refractivity contribution in [3.8, 4) is 0 Å². The molecule has 0 aliphatic rings. The molecule has 0 fully saturated rings. The lowest BCUT2D eigenvalue weighted by molar-refractivity contribution is -0.143. The van der Waals surface area contributed by atoms with E-state index in [-0.39, 0.29) is 5.91 Å². The van der Waals surface area contributed by atoms with Crippen LogP contribution in [0.2, 0.25) is 0 Å². The Morgan fingerprint density at radius 1 is 0.833 bits per heavy atom. The maximum absolute atomic E-state index is 13.4. The van der Waals surface area contributed by atoms with Gasteiger partial charge in [-0.2, -0.15) is 0 Å². The van der Waals surface area contributed by atoms with E-state index in [9.17, 15) is 9.59 Å². The van der Waals surface area contributed by atoms with Crippen molar-refractivity contribution < 1.29 is 14.3 Å². The van der Waals surface area contributed by atoms with Gasteiger partial charge < -0.3 is 10.1 Å². The molecule has 4 heteroatoms. The van der Waals surface area contributed by atoms with Gasteiger partial charge in [0.25, 0.3) is 5.91 Å².